The number of thiazole rings is 1. The second-order valence-electron chi connectivity index (χ2n) is 5.15. The van der Waals surface area contributed by atoms with Gasteiger partial charge in [0.1, 0.15) is 9.88 Å². The molecule has 0 radical (unpaired) electrons. The molecule has 8 heteroatoms. The fraction of sp³-hybridized carbons (Fsp3) is 0.250. The van der Waals surface area contributed by atoms with E-state index in [1.54, 1.807) is 32.9 Å². The molecule has 124 valence electrons. The highest BCUT2D eigenvalue weighted by molar-refractivity contribution is 7.17. The molecule has 1 unspecified atom stereocenters. The molecule has 1 aromatic carbocycles. The van der Waals surface area contributed by atoms with E-state index in [2.05, 4.69) is 15.2 Å². The van der Waals surface area contributed by atoms with Crippen LogP contribution in [0.15, 0.2) is 28.7 Å². The molecule has 24 heavy (non-hydrogen) atoms. The van der Waals surface area contributed by atoms with Crippen molar-refractivity contribution in [2.45, 2.75) is 26.9 Å². The first kappa shape index (κ1) is 16.6. The van der Waals surface area contributed by atoms with Gasteiger partial charge in [-0.1, -0.05) is 23.7 Å². The fourth-order valence-electron chi connectivity index (χ4n) is 2.07. The molecule has 2 heterocycles. The van der Waals surface area contributed by atoms with Crippen molar-refractivity contribution in [3.63, 3.8) is 0 Å². The molecule has 3 aromatic rings. The largest absolute Gasteiger partial charge is 0.448 e. The van der Waals surface area contributed by atoms with E-state index >= 15 is 0 Å². The Labute approximate surface area is 147 Å². The lowest BCUT2D eigenvalue weighted by Crippen LogP contribution is -2.09. The van der Waals surface area contributed by atoms with Gasteiger partial charge in [0.15, 0.2) is 6.10 Å². The Morgan fingerprint density at radius 1 is 1.33 bits per heavy atom. The van der Waals surface area contributed by atoms with Crippen LogP contribution < -0.4 is 0 Å². The van der Waals surface area contributed by atoms with E-state index in [-0.39, 0.29) is 5.89 Å². The summed E-state index contributed by atoms with van der Waals surface area (Å²) in [5.41, 5.74) is 1.46. The smallest absolute Gasteiger partial charge is 0.351 e. The topological polar surface area (TPSA) is 78.1 Å². The summed E-state index contributed by atoms with van der Waals surface area (Å²) < 4.78 is 10.7. The summed E-state index contributed by atoms with van der Waals surface area (Å²) in [6, 6.07) is 7.32. The van der Waals surface area contributed by atoms with Crippen LogP contribution in [0, 0.1) is 13.8 Å². The number of aromatic nitrogens is 3. The zero-order chi connectivity index (χ0) is 17.3. The first-order valence-corrected chi connectivity index (χ1v) is 8.38. The van der Waals surface area contributed by atoms with Gasteiger partial charge in [-0.15, -0.1) is 21.5 Å². The number of aryl methyl sites for hydroxylation is 2. The lowest BCUT2D eigenvalue weighted by Gasteiger charge is -2.08. The molecular formula is C16H14ClN3O3S. The van der Waals surface area contributed by atoms with Crippen molar-refractivity contribution in [1.82, 2.24) is 15.2 Å². The third-order valence-corrected chi connectivity index (χ3v) is 4.65. The maximum absolute atomic E-state index is 12.4. The highest BCUT2D eigenvalue weighted by Gasteiger charge is 2.23. The van der Waals surface area contributed by atoms with Gasteiger partial charge >= 0.3 is 5.97 Å². The normalized spacial score (nSPS) is 12.2. The Hall–Kier alpha value is -2.25. The summed E-state index contributed by atoms with van der Waals surface area (Å²) in [6.07, 6.45) is -0.630. The van der Waals surface area contributed by atoms with Crippen LogP contribution in [0.3, 0.4) is 0 Å². The standard InChI is InChI=1S/C16H14ClN3O3S/c1-8-13(16(21)22-9(2)14-20-19-10(3)23-14)24-15(18-8)11-5-4-6-12(17)7-11/h4-7,9H,1-3H3. The Kier molecular flexibility index (Phi) is 4.64. The molecule has 0 saturated carbocycles. The van der Waals surface area contributed by atoms with E-state index in [4.69, 9.17) is 20.8 Å². The van der Waals surface area contributed by atoms with Crippen LogP contribution in [0.5, 0.6) is 0 Å². The van der Waals surface area contributed by atoms with Crippen LogP contribution in [0.2, 0.25) is 5.02 Å². The van der Waals surface area contributed by atoms with Crippen LogP contribution in [0.1, 0.15) is 40.2 Å². The Bertz CT molecular complexity index is 890. The van der Waals surface area contributed by atoms with Crippen LogP contribution in [0.25, 0.3) is 10.6 Å². The molecule has 1 atom stereocenters. The molecule has 0 fully saturated rings. The summed E-state index contributed by atoms with van der Waals surface area (Å²) in [5.74, 6) is 0.213. The van der Waals surface area contributed by atoms with Crippen molar-refractivity contribution in [3.8, 4) is 10.6 Å². The van der Waals surface area contributed by atoms with Crippen LogP contribution in [-0.2, 0) is 4.74 Å². The van der Waals surface area contributed by atoms with Gasteiger partial charge in [0.2, 0.25) is 5.89 Å². The van der Waals surface area contributed by atoms with Crippen LogP contribution >= 0.6 is 22.9 Å². The number of hydrogen-bond donors (Lipinski definition) is 0. The molecule has 0 bridgehead atoms. The number of nitrogens with zero attached hydrogens (tertiary/aromatic N) is 3. The minimum atomic E-state index is -0.630. The molecule has 0 spiro atoms. The summed E-state index contributed by atoms with van der Waals surface area (Å²) >= 11 is 7.27. The molecule has 3 rings (SSSR count). The number of hydrogen-bond acceptors (Lipinski definition) is 7. The van der Waals surface area contributed by atoms with Gasteiger partial charge in [-0.3, -0.25) is 0 Å². The van der Waals surface area contributed by atoms with Crippen LogP contribution in [0.4, 0.5) is 0 Å². The van der Waals surface area contributed by atoms with Crippen molar-refractivity contribution in [1.29, 1.82) is 0 Å². The molecule has 2 aromatic heterocycles. The lowest BCUT2D eigenvalue weighted by atomic mass is 10.2. The number of carbonyl (C=O) groups is 1. The second kappa shape index (κ2) is 6.70. The third-order valence-electron chi connectivity index (χ3n) is 3.23. The van der Waals surface area contributed by atoms with Crippen molar-refractivity contribution in [2.24, 2.45) is 0 Å². The van der Waals surface area contributed by atoms with E-state index in [0.717, 1.165) is 5.56 Å². The Balaban J connectivity index is 1.80. The van der Waals surface area contributed by atoms with E-state index in [1.807, 2.05) is 12.1 Å². The number of rotatable bonds is 4. The average Bonchev–Trinajstić information content (AvgIpc) is 3.13. The number of halogens is 1. The van der Waals surface area contributed by atoms with Crippen molar-refractivity contribution in [3.05, 3.63) is 51.6 Å². The Morgan fingerprint density at radius 3 is 2.79 bits per heavy atom. The summed E-state index contributed by atoms with van der Waals surface area (Å²) in [5, 5.41) is 8.91. The average molecular weight is 364 g/mol. The molecule has 0 aliphatic carbocycles. The molecule has 0 N–H and O–H groups in total. The highest BCUT2D eigenvalue weighted by Crippen LogP contribution is 2.30. The summed E-state index contributed by atoms with van der Waals surface area (Å²) in [6.45, 7) is 5.12. The number of carbonyl (C=O) groups excluding carboxylic acids is 1. The maximum atomic E-state index is 12.4. The van der Waals surface area contributed by atoms with Gasteiger partial charge in [-0.2, -0.15) is 0 Å². The van der Waals surface area contributed by atoms with Gasteiger partial charge in [-0.25, -0.2) is 9.78 Å². The number of ether oxygens (including phenoxy) is 1. The van der Waals surface area contributed by atoms with Gasteiger partial charge in [0.25, 0.3) is 5.89 Å². The maximum Gasteiger partial charge on any atom is 0.351 e. The second-order valence-corrected chi connectivity index (χ2v) is 6.59. The Morgan fingerprint density at radius 2 is 2.12 bits per heavy atom. The van der Waals surface area contributed by atoms with Gasteiger partial charge in [-0.05, 0) is 26.0 Å². The molecule has 0 amide bonds. The summed E-state index contributed by atoms with van der Waals surface area (Å²) in [4.78, 5) is 17.3. The molecule has 6 nitrogen and oxygen atoms in total. The van der Waals surface area contributed by atoms with Crippen molar-refractivity contribution >= 4 is 28.9 Å². The highest BCUT2D eigenvalue weighted by atomic mass is 35.5. The first-order chi connectivity index (χ1) is 11.4. The number of benzene rings is 1. The SMILES string of the molecule is Cc1nnc(C(C)OC(=O)c2sc(-c3cccc(Cl)c3)nc2C)o1. The van der Waals surface area contributed by atoms with Gasteiger partial charge in [0, 0.05) is 17.5 Å². The minimum Gasteiger partial charge on any atom is -0.448 e. The first-order valence-electron chi connectivity index (χ1n) is 7.18. The van der Waals surface area contributed by atoms with E-state index in [1.165, 1.54) is 11.3 Å². The fourth-order valence-corrected chi connectivity index (χ4v) is 3.21. The monoisotopic (exact) mass is 363 g/mol. The van der Waals surface area contributed by atoms with Gasteiger partial charge in [0.05, 0.1) is 5.69 Å². The quantitative estimate of drug-likeness (QED) is 0.640. The predicted octanol–water partition coefficient (Wildman–Crippen LogP) is 4.38. The molecule has 0 aliphatic rings. The van der Waals surface area contributed by atoms with Crippen molar-refractivity contribution in [2.75, 3.05) is 0 Å². The van der Waals surface area contributed by atoms with E-state index in [9.17, 15) is 4.79 Å². The van der Waals surface area contributed by atoms with Crippen LogP contribution in [-0.4, -0.2) is 21.2 Å². The zero-order valence-electron chi connectivity index (χ0n) is 13.2. The number of esters is 1. The summed E-state index contributed by atoms with van der Waals surface area (Å²) in [7, 11) is 0. The minimum absolute atomic E-state index is 0.262. The van der Waals surface area contributed by atoms with Gasteiger partial charge < -0.3 is 9.15 Å². The predicted molar refractivity (Wildman–Crippen MR) is 90.2 cm³/mol. The zero-order valence-corrected chi connectivity index (χ0v) is 14.8. The van der Waals surface area contributed by atoms with E-state index < -0.39 is 12.1 Å². The third kappa shape index (κ3) is 3.47. The molecule has 0 aliphatic heterocycles. The lowest BCUT2D eigenvalue weighted by molar-refractivity contribution is 0.0281. The van der Waals surface area contributed by atoms with Crippen molar-refractivity contribution < 1.29 is 13.9 Å². The molecular weight excluding hydrogens is 350 g/mol. The van der Waals surface area contributed by atoms with E-state index in [0.29, 0.717) is 26.5 Å². The molecule has 0 saturated heterocycles.